The van der Waals surface area contributed by atoms with Crippen LogP contribution in [-0.2, 0) is 16.4 Å². The molecular formula is C22H27N5O4S. The maximum Gasteiger partial charge on any atom is 0.293 e. The smallest absolute Gasteiger partial charge is 0.293 e. The second kappa shape index (κ2) is 8.87. The highest BCUT2D eigenvalue weighted by molar-refractivity contribution is 7.89. The molecule has 9 nitrogen and oxygen atoms in total. The van der Waals surface area contributed by atoms with Crippen LogP contribution < -0.4 is 5.32 Å². The summed E-state index contributed by atoms with van der Waals surface area (Å²) in [7, 11) is -3.79. The highest BCUT2D eigenvalue weighted by atomic mass is 32.2. The number of sulfonamides is 1. The van der Waals surface area contributed by atoms with Crippen molar-refractivity contribution < 1.29 is 13.3 Å². The van der Waals surface area contributed by atoms with Crippen LogP contribution in [0.2, 0.25) is 0 Å². The first-order valence-corrected chi connectivity index (χ1v) is 12.1. The fourth-order valence-corrected chi connectivity index (χ4v) is 6.06. The third-order valence-corrected chi connectivity index (χ3v) is 7.58. The Morgan fingerprint density at radius 1 is 1.19 bits per heavy atom. The molecule has 3 heterocycles. The number of rotatable bonds is 7. The third-order valence-electron chi connectivity index (χ3n) is 5.75. The molecule has 1 fully saturated rings. The molecule has 0 spiro atoms. The molecule has 170 valence electrons. The topological polar surface area (TPSA) is 110 Å². The Labute approximate surface area is 187 Å². The van der Waals surface area contributed by atoms with Gasteiger partial charge < -0.3 is 9.72 Å². The van der Waals surface area contributed by atoms with Crippen LogP contribution in [0, 0.1) is 22.0 Å². The van der Waals surface area contributed by atoms with Gasteiger partial charge in [0.1, 0.15) is 11.3 Å². The average Bonchev–Trinajstić information content (AvgIpc) is 3.16. The number of nitro benzene ring substituents is 1. The van der Waals surface area contributed by atoms with Crippen molar-refractivity contribution in [1.82, 2.24) is 13.7 Å². The molecule has 4 rings (SSSR count). The molecule has 3 aromatic rings. The van der Waals surface area contributed by atoms with Crippen LogP contribution >= 0.6 is 0 Å². The zero-order valence-electron chi connectivity index (χ0n) is 18.1. The standard InChI is InChI=1S/C22H27N5O4S/c1-16-11-17(2)14-26(13-16)32(30,31)19-6-7-20(21(12-19)27(28)29)23-9-8-18-15-25-10-4-3-5-22(25)24-18/h3-7,10,12,15-17,23H,8-9,11,13-14H2,1-2H3. The molecule has 0 amide bonds. The third kappa shape index (κ3) is 4.61. The molecule has 0 radical (unpaired) electrons. The number of hydrogen-bond donors (Lipinski definition) is 1. The van der Waals surface area contributed by atoms with E-state index in [-0.39, 0.29) is 28.1 Å². The fourth-order valence-electron chi connectivity index (χ4n) is 4.36. The van der Waals surface area contributed by atoms with E-state index in [1.54, 1.807) is 0 Å². The highest BCUT2D eigenvalue weighted by Crippen LogP contribution is 2.31. The summed E-state index contributed by atoms with van der Waals surface area (Å²) < 4.78 is 29.6. The van der Waals surface area contributed by atoms with E-state index in [0.29, 0.717) is 26.1 Å². The van der Waals surface area contributed by atoms with Gasteiger partial charge in [0.25, 0.3) is 5.69 Å². The monoisotopic (exact) mass is 457 g/mol. The zero-order valence-corrected chi connectivity index (χ0v) is 19.0. The molecule has 1 aliphatic rings. The number of fused-ring (bicyclic) bond motifs is 1. The average molecular weight is 458 g/mol. The Hall–Kier alpha value is -2.98. The van der Waals surface area contributed by atoms with Gasteiger partial charge in [0.05, 0.1) is 15.5 Å². The lowest BCUT2D eigenvalue weighted by Crippen LogP contribution is -2.42. The van der Waals surface area contributed by atoms with Crippen LogP contribution in [0.25, 0.3) is 5.65 Å². The maximum atomic E-state index is 13.1. The van der Waals surface area contributed by atoms with Gasteiger partial charge in [-0.15, -0.1) is 0 Å². The Bertz CT molecular complexity index is 1200. The number of pyridine rings is 1. The van der Waals surface area contributed by atoms with Crippen molar-refractivity contribution in [3.63, 3.8) is 0 Å². The molecule has 1 aliphatic heterocycles. The fraction of sp³-hybridized carbons (Fsp3) is 0.409. The predicted octanol–water partition coefficient (Wildman–Crippen LogP) is 3.56. The molecule has 2 unspecified atom stereocenters. The first-order valence-electron chi connectivity index (χ1n) is 10.7. The van der Waals surface area contributed by atoms with Gasteiger partial charge >= 0.3 is 0 Å². The summed E-state index contributed by atoms with van der Waals surface area (Å²) in [4.78, 5) is 15.6. The molecule has 2 aromatic heterocycles. The van der Waals surface area contributed by atoms with Gasteiger partial charge in [-0.2, -0.15) is 4.31 Å². The number of anilines is 1. The van der Waals surface area contributed by atoms with Crippen molar-refractivity contribution in [2.24, 2.45) is 11.8 Å². The number of imidazole rings is 1. The van der Waals surface area contributed by atoms with Gasteiger partial charge in [-0.3, -0.25) is 10.1 Å². The summed E-state index contributed by atoms with van der Waals surface area (Å²) in [5, 5.41) is 14.7. The minimum atomic E-state index is -3.79. The van der Waals surface area contributed by atoms with Crippen LogP contribution in [0.15, 0.2) is 53.7 Å². The molecule has 1 aromatic carbocycles. The normalized spacial score (nSPS) is 19.8. The van der Waals surface area contributed by atoms with Crippen molar-refractivity contribution in [3.8, 4) is 0 Å². The van der Waals surface area contributed by atoms with Crippen LogP contribution in [0.4, 0.5) is 11.4 Å². The van der Waals surface area contributed by atoms with Crippen molar-refractivity contribution in [3.05, 3.63) is 64.6 Å². The van der Waals surface area contributed by atoms with E-state index in [0.717, 1.165) is 23.8 Å². The van der Waals surface area contributed by atoms with E-state index in [1.807, 2.05) is 48.8 Å². The van der Waals surface area contributed by atoms with Crippen molar-refractivity contribution in [2.75, 3.05) is 25.0 Å². The summed E-state index contributed by atoms with van der Waals surface area (Å²) in [6.45, 7) is 5.34. The van der Waals surface area contributed by atoms with E-state index in [1.165, 1.54) is 16.4 Å². The van der Waals surface area contributed by atoms with Crippen molar-refractivity contribution >= 4 is 27.0 Å². The van der Waals surface area contributed by atoms with E-state index in [2.05, 4.69) is 10.3 Å². The van der Waals surface area contributed by atoms with Crippen LogP contribution in [0.1, 0.15) is 26.0 Å². The number of nitrogens with one attached hydrogen (secondary N) is 1. The lowest BCUT2D eigenvalue weighted by molar-refractivity contribution is -0.384. The Morgan fingerprint density at radius 2 is 1.94 bits per heavy atom. The lowest BCUT2D eigenvalue weighted by atomic mass is 9.94. The summed E-state index contributed by atoms with van der Waals surface area (Å²) >= 11 is 0. The molecule has 32 heavy (non-hydrogen) atoms. The second-order valence-electron chi connectivity index (χ2n) is 8.58. The number of nitro groups is 1. The van der Waals surface area contributed by atoms with Crippen LogP contribution in [-0.4, -0.2) is 46.7 Å². The first kappa shape index (κ1) is 22.2. The lowest BCUT2D eigenvalue weighted by Gasteiger charge is -2.34. The van der Waals surface area contributed by atoms with Gasteiger partial charge in [-0.25, -0.2) is 13.4 Å². The number of hydrogen-bond acceptors (Lipinski definition) is 6. The largest absolute Gasteiger partial charge is 0.379 e. The van der Waals surface area contributed by atoms with E-state index in [9.17, 15) is 18.5 Å². The molecule has 0 aliphatic carbocycles. The first-order chi connectivity index (χ1) is 15.2. The summed E-state index contributed by atoms with van der Waals surface area (Å²) in [6.07, 6.45) is 5.37. The summed E-state index contributed by atoms with van der Waals surface area (Å²) in [5.41, 5.74) is 1.74. The number of nitrogens with zero attached hydrogens (tertiary/aromatic N) is 4. The summed E-state index contributed by atoms with van der Waals surface area (Å²) in [6, 6.07) is 9.82. The van der Waals surface area contributed by atoms with Crippen molar-refractivity contribution in [2.45, 2.75) is 31.6 Å². The van der Waals surface area contributed by atoms with Crippen LogP contribution in [0.5, 0.6) is 0 Å². The minimum Gasteiger partial charge on any atom is -0.379 e. The predicted molar refractivity (Wildman–Crippen MR) is 122 cm³/mol. The second-order valence-corrected chi connectivity index (χ2v) is 10.5. The van der Waals surface area contributed by atoms with Gasteiger partial charge in [-0.05, 0) is 42.5 Å². The molecule has 10 heteroatoms. The number of benzene rings is 1. The van der Waals surface area contributed by atoms with Gasteiger partial charge in [0.2, 0.25) is 10.0 Å². The number of aromatic nitrogens is 2. The quantitative estimate of drug-likeness (QED) is 0.429. The van der Waals surface area contributed by atoms with Crippen LogP contribution in [0.3, 0.4) is 0 Å². The van der Waals surface area contributed by atoms with Gasteiger partial charge in [-0.1, -0.05) is 19.9 Å². The minimum absolute atomic E-state index is 0.0450. The molecular weight excluding hydrogens is 430 g/mol. The Balaban J connectivity index is 1.50. The summed E-state index contributed by atoms with van der Waals surface area (Å²) in [5.74, 6) is 0.508. The van der Waals surface area contributed by atoms with Crippen molar-refractivity contribution in [1.29, 1.82) is 0 Å². The van der Waals surface area contributed by atoms with E-state index >= 15 is 0 Å². The van der Waals surface area contributed by atoms with E-state index < -0.39 is 14.9 Å². The maximum absolute atomic E-state index is 13.1. The number of piperidine rings is 1. The SMILES string of the molecule is CC1CC(C)CN(S(=O)(=O)c2ccc(NCCc3cn4ccccc4n3)c([N+](=O)[O-])c2)C1. The molecule has 1 saturated heterocycles. The Kier molecular flexibility index (Phi) is 6.16. The van der Waals surface area contributed by atoms with E-state index in [4.69, 9.17) is 0 Å². The van der Waals surface area contributed by atoms with Gasteiger partial charge in [0, 0.05) is 44.5 Å². The van der Waals surface area contributed by atoms with Gasteiger partial charge in [0.15, 0.2) is 0 Å². The molecule has 0 saturated carbocycles. The molecule has 2 atom stereocenters. The highest BCUT2D eigenvalue weighted by Gasteiger charge is 2.33. The molecule has 0 bridgehead atoms. The Morgan fingerprint density at radius 3 is 2.62 bits per heavy atom. The zero-order chi connectivity index (χ0) is 22.9. The molecule has 1 N–H and O–H groups in total.